The first-order chi connectivity index (χ1) is 13.5. The molecule has 0 spiro atoms. The molecule has 0 aliphatic rings. The van der Waals surface area contributed by atoms with Crippen molar-refractivity contribution in [1.29, 1.82) is 0 Å². The fourth-order valence-electron chi connectivity index (χ4n) is 2.49. The molecule has 1 unspecified atom stereocenters. The highest BCUT2D eigenvalue weighted by Crippen LogP contribution is 2.16. The van der Waals surface area contributed by atoms with Crippen molar-refractivity contribution in [2.24, 2.45) is 4.99 Å². The molecule has 2 aromatic carbocycles. The van der Waals surface area contributed by atoms with Crippen LogP contribution in [0.4, 0.5) is 5.69 Å². The maximum atomic E-state index is 11.2. The second-order valence-electron chi connectivity index (χ2n) is 6.34. The lowest BCUT2D eigenvalue weighted by molar-refractivity contribution is -0.114. The maximum Gasteiger partial charge on any atom is 0.221 e. The number of hydrogen-bond donors (Lipinski definition) is 3. The monoisotopic (exact) mass is 530 g/mol. The summed E-state index contributed by atoms with van der Waals surface area (Å²) in [4.78, 5) is 15.8. The van der Waals surface area contributed by atoms with Gasteiger partial charge in [0.15, 0.2) is 5.96 Å². The lowest BCUT2D eigenvalue weighted by Crippen LogP contribution is -2.41. The van der Waals surface area contributed by atoms with Crippen LogP contribution in [0.3, 0.4) is 0 Å². The van der Waals surface area contributed by atoms with E-state index in [0.29, 0.717) is 24.1 Å². The zero-order chi connectivity index (χ0) is 20.4. The molecule has 0 saturated heterocycles. The Kier molecular flexibility index (Phi) is 11.5. The molecule has 0 aliphatic carbocycles. The molecule has 2 aromatic rings. The van der Waals surface area contributed by atoms with E-state index in [9.17, 15) is 4.79 Å². The van der Waals surface area contributed by atoms with Gasteiger partial charge in [-0.1, -0.05) is 23.7 Å². The summed E-state index contributed by atoms with van der Waals surface area (Å²) in [6.45, 7) is 7.34. The second kappa shape index (κ2) is 13.3. The molecule has 158 valence electrons. The van der Waals surface area contributed by atoms with Crippen LogP contribution in [-0.4, -0.2) is 31.1 Å². The third kappa shape index (κ3) is 9.85. The van der Waals surface area contributed by atoms with Gasteiger partial charge in [0.1, 0.15) is 11.9 Å². The minimum Gasteiger partial charge on any atom is -0.489 e. The van der Waals surface area contributed by atoms with Crippen molar-refractivity contribution >= 4 is 53.1 Å². The fraction of sp³-hybridized carbons (Fsp3) is 0.333. The van der Waals surface area contributed by atoms with Crippen LogP contribution in [-0.2, 0) is 11.3 Å². The molecule has 1 amide bonds. The van der Waals surface area contributed by atoms with Crippen molar-refractivity contribution in [2.45, 2.75) is 33.4 Å². The van der Waals surface area contributed by atoms with E-state index in [2.05, 4.69) is 20.9 Å². The summed E-state index contributed by atoms with van der Waals surface area (Å²) in [5.41, 5.74) is 1.78. The Morgan fingerprint density at radius 1 is 1.17 bits per heavy atom. The number of nitrogens with one attached hydrogen (secondary N) is 3. The maximum absolute atomic E-state index is 11.2. The van der Waals surface area contributed by atoms with E-state index in [1.165, 1.54) is 6.92 Å². The third-order valence-electron chi connectivity index (χ3n) is 3.72. The largest absolute Gasteiger partial charge is 0.489 e. The van der Waals surface area contributed by atoms with Gasteiger partial charge in [-0.15, -0.1) is 24.0 Å². The number of nitrogens with zero attached hydrogens (tertiary/aromatic N) is 1. The Bertz CT molecular complexity index is 800. The van der Waals surface area contributed by atoms with Gasteiger partial charge in [0, 0.05) is 24.2 Å². The van der Waals surface area contributed by atoms with Gasteiger partial charge >= 0.3 is 0 Å². The lowest BCUT2D eigenvalue weighted by atomic mass is 10.2. The SMILES string of the molecule is CCNC(=NCc1cccc(NC(C)=O)c1)NCC(C)Oc1ccc(Cl)cc1.I. The highest BCUT2D eigenvalue weighted by molar-refractivity contribution is 14.0. The number of hydrogen-bond acceptors (Lipinski definition) is 3. The Morgan fingerprint density at radius 2 is 1.90 bits per heavy atom. The van der Waals surface area contributed by atoms with Crippen molar-refractivity contribution in [2.75, 3.05) is 18.4 Å². The van der Waals surface area contributed by atoms with E-state index in [-0.39, 0.29) is 36.0 Å². The Balaban J connectivity index is 0.00000420. The first-order valence-corrected chi connectivity index (χ1v) is 9.65. The quantitative estimate of drug-likeness (QED) is 0.268. The fourth-order valence-corrected chi connectivity index (χ4v) is 2.62. The number of carbonyl (C=O) groups excluding carboxylic acids is 1. The smallest absolute Gasteiger partial charge is 0.221 e. The topological polar surface area (TPSA) is 74.8 Å². The van der Waals surface area contributed by atoms with Crippen LogP contribution in [0.15, 0.2) is 53.5 Å². The highest BCUT2D eigenvalue weighted by Gasteiger charge is 2.06. The van der Waals surface area contributed by atoms with Gasteiger partial charge in [-0.25, -0.2) is 4.99 Å². The van der Waals surface area contributed by atoms with Crippen LogP contribution < -0.4 is 20.7 Å². The summed E-state index contributed by atoms with van der Waals surface area (Å²) in [6, 6.07) is 15.0. The number of ether oxygens (including phenoxy) is 1. The number of aliphatic imine (C=N–C) groups is 1. The predicted octanol–water partition coefficient (Wildman–Crippen LogP) is 4.44. The molecule has 3 N–H and O–H groups in total. The minimum atomic E-state index is -0.0923. The molecule has 8 heteroatoms. The summed E-state index contributed by atoms with van der Waals surface area (Å²) >= 11 is 5.89. The van der Waals surface area contributed by atoms with Crippen molar-refractivity contribution < 1.29 is 9.53 Å². The summed E-state index contributed by atoms with van der Waals surface area (Å²) < 4.78 is 5.87. The minimum absolute atomic E-state index is 0. The standard InChI is InChI=1S/C21H27ClN4O2.HI/c1-4-23-21(24-13-15(2)28-20-10-8-18(22)9-11-20)25-14-17-6-5-7-19(12-17)26-16(3)27;/h5-12,15H,4,13-14H2,1-3H3,(H,26,27)(H2,23,24,25);1H. The van der Waals surface area contributed by atoms with E-state index >= 15 is 0 Å². The van der Waals surface area contributed by atoms with Crippen molar-refractivity contribution in [3.63, 3.8) is 0 Å². The van der Waals surface area contributed by atoms with E-state index in [1.807, 2.05) is 50.2 Å². The molecule has 0 radical (unpaired) electrons. The number of halogens is 2. The number of carbonyl (C=O) groups is 1. The average Bonchev–Trinajstić information content (AvgIpc) is 2.65. The molecule has 1 atom stereocenters. The van der Waals surface area contributed by atoms with E-state index in [4.69, 9.17) is 16.3 Å². The first kappa shape index (κ1) is 25.0. The number of benzene rings is 2. The predicted molar refractivity (Wildman–Crippen MR) is 131 cm³/mol. The Labute approximate surface area is 194 Å². The molecule has 0 saturated carbocycles. The molecule has 0 fully saturated rings. The van der Waals surface area contributed by atoms with Gasteiger partial charge in [-0.05, 0) is 55.8 Å². The molecular formula is C21H28ClIN4O2. The Morgan fingerprint density at radius 3 is 2.55 bits per heavy atom. The molecule has 2 rings (SSSR count). The summed E-state index contributed by atoms with van der Waals surface area (Å²) in [5, 5.41) is 9.97. The van der Waals surface area contributed by atoms with Gasteiger partial charge in [0.25, 0.3) is 0 Å². The van der Waals surface area contributed by atoms with E-state index < -0.39 is 0 Å². The summed E-state index contributed by atoms with van der Waals surface area (Å²) in [6.07, 6.45) is -0.0480. The molecule has 0 aliphatic heterocycles. The van der Waals surface area contributed by atoms with Gasteiger partial charge < -0.3 is 20.7 Å². The third-order valence-corrected chi connectivity index (χ3v) is 3.97. The van der Waals surface area contributed by atoms with E-state index in [1.54, 1.807) is 12.1 Å². The Hall–Kier alpha value is -2.00. The molecular weight excluding hydrogens is 503 g/mol. The number of guanidine groups is 1. The van der Waals surface area contributed by atoms with Gasteiger partial charge in [-0.2, -0.15) is 0 Å². The van der Waals surface area contributed by atoms with E-state index in [0.717, 1.165) is 23.5 Å². The lowest BCUT2D eigenvalue weighted by Gasteiger charge is -2.17. The van der Waals surface area contributed by atoms with Crippen LogP contribution in [0, 0.1) is 0 Å². The molecule has 29 heavy (non-hydrogen) atoms. The van der Waals surface area contributed by atoms with Gasteiger partial charge in [0.2, 0.25) is 5.91 Å². The molecule has 0 heterocycles. The van der Waals surface area contributed by atoms with Crippen molar-refractivity contribution in [1.82, 2.24) is 10.6 Å². The van der Waals surface area contributed by atoms with Crippen LogP contribution in [0.5, 0.6) is 5.75 Å². The first-order valence-electron chi connectivity index (χ1n) is 9.27. The van der Waals surface area contributed by atoms with Crippen LogP contribution >= 0.6 is 35.6 Å². The van der Waals surface area contributed by atoms with Crippen LogP contribution in [0.25, 0.3) is 0 Å². The number of rotatable bonds is 8. The van der Waals surface area contributed by atoms with Crippen molar-refractivity contribution in [3.8, 4) is 5.75 Å². The summed E-state index contributed by atoms with van der Waals surface area (Å²) in [7, 11) is 0. The molecule has 6 nitrogen and oxygen atoms in total. The number of amides is 1. The average molecular weight is 531 g/mol. The van der Waals surface area contributed by atoms with Gasteiger partial charge in [-0.3, -0.25) is 4.79 Å². The zero-order valence-electron chi connectivity index (χ0n) is 16.9. The van der Waals surface area contributed by atoms with Crippen LogP contribution in [0.1, 0.15) is 26.3 Å². The summed E-state index contributed by atoms with van der Waals surface area (Å²) in [5.74, 6) is 1.39. The second-order valence-corrected chi connectivity index (χ2v) is 6.78. The molecule has 0 aromatic heterocycles. The normalized spacial score (nSPS) is 11.8. The van der Waals surface area contributed by atoms with Crippen LogP contribution in [0.2, 0.25) is 5.02 Å². The highest BCUT2D eigenvalue weighted by atomic mass is 127. The number of anilines is 1. The van der Waals surface area contributed by atoms with Crippen molar-refractivity contribution in [3.05, 3.63) is 59.1 Å². The van der Waals surface area contributed by atoms with Gasteiger partial charge in [0.05, 0.1) is 13.1 Å². The zero-order valence-corrected chi connectivity index (χ0v) is 20.0. The molecule has 0 bridgehead atoms.